The standard InChI is InChI=1S/C39H76N2O5/c1-3-5-7-9-11-13-14-16-18-23-27-33-38(43)46-35(29-24-20-17-15-12-10-8-6-4-2)30-25-21-19-22-26-32-37(42)41-36(39(44)45)31-28-34-40/h35-36H,3-34,40H2,1-2H3,(H,41,42)(H,44,45). The normalized spacial score (nSPS) is 12.6. The van der Waals surface area contributed by atoms with E-state index in [0.29, 0.717) is 32.2 Å². The molecule has 0 heterocycles. The number of amides is 1. The molecule has 46 heavy (non-hydrogen) atoms. The minimum atomic E-state index is -1.00. The van der Waals surface area contributed by atoms with Crippen molar-refractivity contribution in [3.05, 3.63) is 0 Å². The molecule has 1 amide bonds. The molecule has 2 unspecified atom stereocenters. The van der Waals surface area contributed by atoms with Gasteiger partial charge >= 0.3 is 11.9 Å². The molecule has 0 spiro atoms. The van der Waals surface area contributed by atoms with E-state index in [1.165, 1.54) is 109 Å². The Morgan fingerprint density at radius 3 is 1.35 bits per heavy atom. The van der Waals surface area contributed by atoms with Gasteiger partial charge in [0.15, 0.2) is 0 Å². The van der Waals surface area contributed by atoms with E-state index in [9.17, 15) is 19.5 Å². The minimum Gasteiger partial charge on any atom is -0.480 e. The quantitative estimate of drug-likeness (QED) is 0.0458. The fraction of sp³-hybridized carbons (Fsp3) is 0.923. The van der Waals surface area contributed by atoms with E-state index in [1.54, 1.807) is 0 Å². The Kier molecular flexibility index (Phi) is 33.5. The molecule has 7 heteroatoms. The Bertz CT molecular complexity index is 702. The first kappa shape index (κ1) is 44.4. The smallest absolute Gasteiger partial charge is 0.326 e. The van der Waals surface area contributed by atoms with Crippen molar-refractivity contribution in [2.45, 2.75) is 225 Å². The molecule has 0 aliphatic heterocycles. The highest BCUT2D eigenvalue weighted by molar-refractivity contribution is 5.83. The third-order valence-electron chi connectivity index (χ3n) is 9.17. The van der Waals surface area contributed by atoms with Crippen molar-refractivity contribution in [3.8, 4) is 0 Å². The summed E-state index contributed by atoms with van der Waals surface area (Å²) in [6, 6.07) is -0.851. The number of rotatable bonds is 36. The summed E-state index contributed by atoms with van der Waals surface area (Å²) in [5.74, 6) is -1.22. The zero-order chi connectivity index (χ0) is 33.9. The maximum absolute atomic E-state index is 12.7. The van der Waals surface area contributed by atoms with Crippen LogP contribution in [0.2, 0.25) is 0 Å². The van der Waals surface area contributed by atoms with Gasteiger partial charge in [0.1, 0.15) is 12.1 Å². The number of carbonyl (C=O) groups is 3. The summed E-state index contributed by atoms with van der Waals surface area (Å²) in [5.41, 5.74) is 5.47. The average molecular weight is 653 g/mol. The molecule has 0 aromatic heterocycles. The lowest BCUT2D eigenvalue weighted by Crippen LogP contribution is -2.40. The highest BCUT2D eigenvalue weighted by atomic mass is 16.5. The molecule has 2 atom stereocenters. The fourth-order valence-corrected chi connectivity index (χ4v) is 6.16. The van der Waals surface area contributed by atoms with Crippen LogP contribution in [0.4, 0.5) is 0 Å². The zero-order valence-electron chi connectivity index (χ0n) is 30.4. The molecule has 272 valence electrons. The van der Waals surface area contributed by atoms with Crippen molar-refractivity contribution in [2.24, 2.45) is 5.73 Å². The van der Waals surface area contributed by atoms with Crippen LogP contribution in [0.1, 0.15) is 213 Å². The molecule has 7 nitrogen and oxygen atoms in total. The summed E-state index contributed by atoms with van der Waals surface area (Å²) >= 11 is 0. The van der Waals surface area contributed by atoms with Crippen molar-refractivity contribution in [1.29, 1.82) is 0 Å². The number of hydrogen-bond acceptors (Lipinski definition) is 5. The van der Waals surface area contributed by atoms with E-state index in [1.807, 2.05) is 0 Å². The first-order valence-electron chi connectivity index (χ1n) is 19.9. The second-order valence-corrected chi connectivity index (χ2v) is 13.7. The molecular weight excluding hydrogens is 576 g/mol. The summed E-state index contributed by atoms with van der Waals surface area (Å²) in [6.07, 6.45) is 34.2. The molecular formula is C39H76N2O5. The van der Waals surface area contributed by atoms with Crippen LogP contribution >= 0.6 is 0 Å². The summed E-state index contributed by atoms with van der Waals surface area (Å²) < 4.78 is 6.01. The van der Waals surface area contributed by atoms with Crippen LogP contribution in [0.3, 0.4) is 0 Å². The Labute approximate surface area is 284 Å². The maximum atomic E-state index is 12.7. The molecule has 0 aromatic carbocycles. The van der Waals surface area contributed by atoms with Gasteiger partial charge in [0.25, 0.3) is 0 Å². The van der Waals surface area contributed by atoms with Gasteiger partial charge in [-0.05, 0) is 57.9 Å². The predicted octanol–water partition coefficient (Wildman–Crippen LogP) is 10.6. The number of nitrogens with one attached hydrogen (secondary N) is 1. The van der Waals surface area contributed by atoms with E-state index in [0.717, 1.165) is 64.2 Å². The average Bonchev–Trinajstić information content (AvgIpc) is 3.03. The van der Waals surface area contributed by atoms with E-state index in [4.69, 9.17) is 10.5 Å². The Morgan fingerprint density at radius 2 is 0.935 bits per heavy atom. The molecule has 0 fully saturated rings. The van der Waals surface area contributed by atoms with E-state index < -0.39 is 12.0 Å². The third kappa shape index (κ3) is 31.0. The third-order valence-corrected chi connectivity index (χ3v) is 9.17. The van der Waals surface area contributed by atoms with Gasteiger partial charge in [0, 0.05) is 12.8 Å². The molecule has 4 N–H and O–H groups in total. The van der Waals surface area contributed by atoms with Crippen LogP contribution in [0.25, 0.3) is 0 Å². The van der Waals surface area contributed by atoms with Crippen LogP contribution in [-0.2, 0) is 19.1 Å². The van der Waals surface area contributed by atoms with Crippen LogP contribution in [-0.4, -0.2) is 41.6 Å². The van der Waals surface area contributed by atoms with Gasteiger partial charge in [-0.1, -0.05) is 149 Å². The lowest BCUT2D eigenvalue weighted by molar-refractivity contribution is -0.150. The number of carboxylic acids is 1. The molecule has 0 rings (SSSR count). The molecule has 0 radical (unpaired) electrons. The largest absolute Gasteiger partial charge is 0.480 e. The second kappa shape index (κ2) is 34.7. The molecule has 0 bridgehead atoms. The lowest BCUT2D eigenvalue weighted by Gasteiger charge is -2.18. The number of nitrogens with two attached hydrogens (primary N) is 1. The number of aliphatic carboxylic acids is 1. The monoisotopic (exact) mass is 653 g/mol. The van der Waals surface area contributed by atoms with E-state index >= 15 is 0 Å². The van der Waals surface area contributed by atoms with Crippen molar-refractivity contribution >= 4 is 17.8 Å². The number of carbonyl (C=O) groups excluding carboxylic acids is 2. The van der Waals surface area contributed by atoms with Gasteiger partial charge in [-0.25, -0.2) is 4.79 Å². The number of esters is 1. The van der Waals surface area contributed by atoms with Crippen LogP contribution in [0.15, 0.2) is 0 Å². The van der Waals surface area contributed by atoms with Gasteiger partial charge in [0.05, 0.1) is 0 Å². The van der Waals surface area contributed by atoms with Crippen LogP contribution in [0, 0.1) is 0 Å². The van der Waals surface area contributed by atoms with Crippen molar-refractivity contribution in [1.82, 2.24) is 5.32 Å². The Morgan fingerprint density at radius 1 is 0.543 bits per heavy atom. The number of ether oxygens (including phenoxy) is 1. The van der Waals surface area contributed by atoms with E-state index in [2.05, 4.69) is 19.2 Å². The minimum absolute atomic E-state index is 0.0195. The molecule has 0 aliphatic rings. The van der Waals surface area contributed by atoms with Crippen LogP contribution < -0.4 is 11.1 Å². The summed E-state index contributed by atoms with van der Waals surface area (Å²) in [4.78, 5) is 36.2. The number of carboxylic acid groups (broad SMARTS) is 1. The topological polar surface area (TPSA) is 119 Å². The van der Waals surface area contributed by atoms with Crippen molar-refractivity contribution < 1.29 is 24.2 Å². The summed E-state index contributed by atoms with van der Waals surface area (Å²) in [5, 5.41) is 11.9. The van der Waals surface area contributed by atoms with Gasteiger partial charge in [-0.3, -0.25) is 9.59 Å². The first-order chi connectivity index (χ1) is 22.4. The molecule has 0 aromatic rings. The lowest BCUT2D eigenvalue weighted by atomic mass is 10.0. The predicted molar refractivity (Wildman–Crippen MR) is 193 cm³/mol. The molecule has 0 saturated heterocycles. The zero-order valence-corrected chi connectivity index (χ0v) is 30.4. The van der Waals surface area contributed by atoms with Gasteiger partial charge in [-0.15, -0.1) is 0 Å². The first-order valence-corrected chi connectivity index (χ1v) is 19.9. The van der Waals surface area contributed by atoms with E-state index in [-0.39, 0.29) is 18.0 Å². The number of unbranched alkanes of at least 4 members (excludes halogenated alkanes) is 22. The van der Waals surface area contributed by atoms with Gasteiger partial charge in [-0.2, -0.15) is 0 Å². The van der Waals surface area contributed by atoms with Crippen molar-refractivity contribution in [2.75, 3.05) is 6.54 Å². The van der Waals surface area contributed by atoms with Crippen molar-refractivity contribution in [3.63, 3.8) is 0 Å². The summed E-state index contributed by atoms with van der Waals surface area (Å²) in [7, 11) is 0. The van der Waals surface area contributed by atoms with Gasteiger partial charge < -0.3 is 20.9 Å². The second-order valence-electron chi connectivity index (χ2n) is 13.7. The molecule has 0 aliphatic carbocycles. The maximum Gasteiger partial charge on any atom is 0.326 e. The molecule has 0 saturated carbocycles. The van der Waals surface area contributed by atoms with Gasteiger partial charge in [0.2, 0.25) is 5.91 Å². The fourth-order valence-electron chi connectivity index (χ4n) is 6.16. The Balaban J connectivity index is 4.26. The Hall–Kier alpha value is -1.63. The number of hydrogen-bond donors (Lipinski definition) is 3. The summed E-state index contributed by atoms with van der Waals surface area (Å²) in [6.45, 7) is 4.94. The van der Waals surface area contributed by atoms with Crippen LogP contribution in [0.5, 0.6) is 0 Å². The SMILES string of the molecule is CCCCCCCCCCCCCC(=O)OC(CCCCCCCCCCC)CCCCCCCC(=O)NC(CCCN)C(=O)O. The highest BCUT2D eigenvalue weighted by Gasteiger charge is 2.19. The highest BCUT2D eigenvalue weighted by Crippen LogP contribution is 2.19.